The number of hydrogen-bond donors (Lipinski definition) is 2. The van der Waals surface area contributed by atoms with Crippen LogP contribution in [-0.2, 0) is 35.3 Å². The van der Waals surface area contributed by atoms with Crippen molar-refractivity contribution < 1.29 is 9.59 Å². The van der Waals surface area contributed by atoms with Crippen LogP contribution in [0.2, 0.25) is 0 Å². The lowest BCUT2D eigenvalue weighted by molar-refractivity contribution is -0.116. The molecule has 0 saturated heterocycles. The Morgan fingerprint density at radius 1 is 0.714 bits per heavy atom. The molecule has 2 N–H and O–H groups in total. The van der Waals surface area contributed by atoms with Gasteiger partial charge in [-0.3, -0.25) is 19.6 Å². The van der Waals surface area contributed by atoms with Gasteiger partial charge in [0.05, 0.1) is 12.8 Å². The van der Waals surface area contributed by atoms with Gasteiger partial charge in [0.25, 0.3) is 0 Å². The van der Waals surface area contributed by atoms with Crippen molar-refractivity contribution in [1.82, 2.24) is 30.4 Å². The van der Waals surface area contributed by atoms with Crippen LogP contribution >= 0.6 is 22.7 Å². The normalized spacial score (nSPS) is 13.6. The van der Waals surface area contributed by atoms with Crippen LogP contribution in [0.1, 0.15) is 90.7 Å². The van der Waals surface area contributed by atoms with E-state index in [-0.39, 0.29) is 24.7 Å². The fraction of sp³-hybridized carbons (Fsp3) is 0.467. The Hall–Kier alpha value is -3.64. The van der Waals surface area contributed by atoms with Crippen LogP contribution in [0, 0.1) is 0 Å². The highest BCUT2D eigenvalue weighted by Gasteiger charge is 2.16. The second-order valence-electron chi connectivity index (χ2n) is 10.6. The Balaban J connectivity index is 0.942. The van der Waals surface area contributed by atoms with Crippen LogP contribution < -0.4 is 10.6 Å². The van der Waals surface area contributed by atoms with Crippen molar-refractivity contribution in [3.8, 4) is 0 Å². The molecule has 2 amide bonds. The summed E-state index contributed by atoms with van der Waals surface area (Å²) in [5.41, 5.74) is 2.78. The second kappa shape index (κ2) is 15.5. The number of pyridine rings is 2. The Morgan fingerprint density at radius 3 is 1.88 bits per heavy atom. The second-order valence-corrected chi connectivity index (χ2v) is 12.7. The maximum Gasteiger partial charge on any atom is 0.232 e. The molecule has 0 unspecified atom stereocenters. The summed E-state index contributed by atoms with van der Waals surface area (Å²) in [7, 11) is 0. The van der Waals surface area contributed by atoms with Gasteiger partial charge in [0.2, 0.25) is 22.1 Å². The summed E-state index contributed by atoms with van der Waals surface area (Å²) >= 11 is 2.85. The van der Waals surface area contributed by atoms with Gasteiger partial charge in [0, 0.05) is 36.6 Å². The number of amides is 2. The van der Waals surface area contributed by atoms with Crippen molar-refractivity contribution >= 4 is 44.8 Å². The molecule has 12 heteroatoms. The maximum absolute atomic E-state index is 12.5. The van der Waals surface area contributed by atoms with E-state index in [0.29, 0.717) is 16.2 Å². The average Bonchev–Trinajstić information content (AvgIpc) is 3.65. The van der Waals surface area contributed by atoms with E-state index in [2.05, 4.69) is 47.1 Å². The molecule has 0 aromatic carbocycles. The fourth-order valence-electron chi connectivity index (χ4n) is 5.09. The summed E-state index contributed by atoms with van der Waals surface area (Å²) < 4.78 is 0. The van der Waals surface area contributed by atoms with Gasteiger partial charge in [-0.2, -0.15) is 0 Å². The number of aromatic nitrogens is 6. The molecule has 5 rings (SSSR count). The van der Waals surface area contributed by atoms with Crippen molar-refractivity contribution in [1.29, 1.82) is 0 Å². The van der Waals surface area contributed by atoms with E-state index in [1.165, 1.54) is 60.3 Å². The van der Waals surface area contributed by atoms with Gasteiger partial charge in [0.1, 0.15) is 10.0 Å². The molecule has 0 bridgehead atoms. The fourth-order valence-corrected chi connectivity index (χ4v) is 6.69. The van der Waals surface area contributed by atoms with Crippen molar-refractivity contribution in [3.05, 3.63) is 69.7 Å². The summed E-state index contributed by atoms with van der Waals surface area (Å²) in [4.78, 5) is 33.4. The molecule has 0 radical (unpaired) electrons. The third-order valence-corrected chi connectivity index (χ3v) is 9.09. The highest BCUT2D eigenvalue weighted by Crippen LogP contribution is 2.32. The molecule has 4 aromatic heterocycles. The molecule has 1 fully saturated rings. The lowest BCUT2D eigenvalue weighted by Crippen LogP contribution is -2.15. The zero-order valence-corrected chi connectivity index (χ0v) is 25.3. The Morgan fingerprint density at radius 2 is 1.33 bits per heavy atom. The monoisotopic (exact) mass is 604 g/mol. The molecule has 1 aliphatic carbocycles. The van der Waals surface area contributed by atoms with Crippen molar-refractivity contribution in [2.24, 2.45) is 0 Å². The molecule has 4 heterocycles. The Labute approximate surface area is 253 Å². The zero-order chi connectivity index (χ0) is 29.0. The Bertz CT molecular complexity index is 1420. The predicted molar refractivity (Wildman–Crippen MR) is 165 cm³/mol. The van der Waals surface area contributed by atoms with Gasteiger partial charge in [-0.25, -0.2) is 0 Å². The lowest BCUT2D eigenvalue weighted by Gasteiger charge is -2.21. The molecule has 1 saturated carbocycles. The molecule has 0 aliphatic heterocycles. The minimum absolute atomic E-state index is 0.122. The van der Waals surface area contributed by atoms with Crippen LogP contribution in [0.5, 0.6) is 0 Å². The van der Waals surface area contributed by atoms with Gasteiger partial charge in [-0.15, -0.1) is 20.4 Å². The van der Waals surface area contributed by atoms with E-state index in [0.717, 1.165) is 59.9 Å². The molecule has 10 nitrogen and oxygen atoms in total. The standard InChI is InChI=1S/C30H36N8O2S2/c39-25(18-23-12-8-9-17-31-23)33-29-37-35-27(41-29)13-6-1-2-7-14-28-36-38-30(42-28)34-26(40)19-24-16-15-22(20-32-24)21-10-4-3-5-11-21/h8-9,12,15-17,20-21H,1-7,10-11,13-14,18-19H2,(H,33,37,39)(H,34,38,40). The zero-order valence-electron chi connectivity index (χ0n) is 23.6. The first-order chi connectivity index (χ1) is 20.6. The topological polar surface area (TPSA) is 136 Å². The predicted octanol–water partition coefficient (Wildman–Crippen LogP) is 5.94. The van der Waals surface area contributed by atoms with Crippen LogP contribution in [-0.4, -0.2) is 42.2 Å². The molecule has 220 valence electrons. The molecule has 0 atom stereocenters. The van der Waals surface area contributed by atoms with Crippen molar-refractivity contribution in [2.75, 3.05) is 10.6 Å². The van der Waals surface area contributed by atoms with Crippen LogP contribution in [0.4, 0.5) is 10.3 Å². The smallest absolute Gasteiger partial charge is 0.232 e. The van der Waals surface area contributed by atoms with E-state index < -0.39 is 0 Å². The quantitative estimate of drug-likeness (QED) is 0.169. The summed E-state index contributed by atoms with van der Waals surface area (Å²) in [6.45, 7) is 0. The molecule has 0 spiro atoms. The first kappa shape index (κ1) is 29.8. The number of hydrogen-bond acceptors (Lipinski definition) is 10. The van der Waals surface area contributed by atoms with Crippen LogP contribution in [0.25, 0.3) is 0 Å². The van der Waals surface area contributed by atoms with Gasteiger partial charge in [0.15, 0.2) is 0 Å². The number of unbranched alkanes of at least 4 members (excludes halogenated alkanes) is 3. The van der Waals surface area contributed by atoms with E-state index in [4.69, 9.17) is 0 Å². The lowest BCUT2D eigenvalue weighted by atomic mass is 9.85. The average molecular weight is 605 g/mol. The number of nitrogens with zero attached hydrogens (tertiary/aromatic N) is 6. The largest absolute Gasteiger partial charge is 0.300 e. The van der Waals surface area contributed by atoms with Gasteiger partial charge in [-0.1, -0.05) is 66.9 Å². The van der Waals surface area contributed by atoms with E-state index in [9.17, 15) is 9.59 Å². The molecule has 4 aromatic rings. The first-order valence-electron chi connectivity index (χ1n) is 14.7. The third kappa shape index (κ3) is 9.45. The molecular weight excluding hydrogens is 569 g/mol. The maximum atomic E-state index is 12.5. The Kier molecular flexibility index (Phi) is 11.0. The molecule has 42 heavy (non-hydrogen) atoms. The highest BCUT2D eigenvalue weighted by atomic mass is 32.1. The van der Waals surface area contributed by atoms with Gasteiger partial charge >= 0.3 is 0 Å². The summed E-state index contributed by atoms with van der Waals surface area (Å²) in [5.74, 6) is 0.345. The number of carbonyl (C=O) groups is 2. The number of rotatable bonds is 14. The first-order valence-corrected chi connectivity index (χ1v) is 16.3. The van der Waals surface area contributed by atoms with Crippen molar-refractivity contribution in [2.45, 2.75) is 89.4 Å². The summed E-state index contributed by atoms with van der Waals surface area (Å²) in [6.07, 6.45) is 16.3. The number of aryl methyl sites for hydroxylation is 2. The summed E-state index contributed by atoms with van der Waals surface area (Å²) in [6, 6.07) is 9.61. The van der Waals surface area contributed by atoms with E-state index >= 15 is 0 Å². The summed E-state index contributed by atoms with van der Waals surface area (Å²) in [5, 5.41) is 25.2. The van der Waals surface area contributed by atoms with Crippen molar-refractivity contribution in [3.63, 3.8) is 0 Å². The van der Waals surface area contributed by atoms with E-state index in [1.54, 1.807) is 6.20 Å². The highest BCUT2D eigenvalue weighted by molar-refractivity contribution is 7.15. The number of carbonyl (C=O) groups excluding carboxylic acids is 2. The minimum Gasteiger partial charge on any atom is -0.300 e. The van der Waals surface area contributed by atoms with Crippen LogP contribution in [0.15, 0.2) is 42.7 Å². The third-order valence-electron chi connectivity index (χ3n) is 7.29. The van der Waals surface area contributed by atoms with Gasteiger partial charge < -0.3 is 10.6 Å². The molecular formula is C30H36N8O2S2. The molecule has 1 aliphatic rings. The van der Waals surface area contributed by atoms with E-state index in [1.807, 2.05) is 30.5 Å². The van der Waals surface area contributed by atoms with Gasteiger partial charge in [-0.05, 0) is 55.4 Å². The SMILES string of the molecule is O=C(Cc1ccccn1)Nc1nnc(CCCCCCc2nnc(NC(=O)Cc3ccc(C4CCCCC4)cn3)s2)s1. The minimum atomic E-state index is -0.146. The number of nitrogens with one attached hydrogen (secondary N) is 2. The van der Waals surface area contributed by atoms with Crippen LogP contribution in [0.3, 0.4) is 0 Å². The number of anilines is 2.